The number of hydrogen-bond acceptors (Lipinski definition) is 6. The third-order valence-corrected chi connectivity index (χ3v) is 6.75. The molecule has 164 valence electrons. The van der Waals surface area contributed by atoms with Crippen LogP contribution in [0.4, 0.5) is 5.69 Å². The number of nitrogens with zero attached hydrogens (tertiary/aromatic N) is 3. The molecule has 6 nitrogen and oxygen atoms in total. The van der Waals surface area contributed by atoms with Crippen LogP contribution in [0, 0.1) is 0 Å². The molecular formula is C24H24N4O2S2. The number of anilines is 1. The third kappa shape index (κ3) is 5.20. The first kappa shape index (κ1) is 22.1. The van der Waals surface area contributed by atoms with Crippen molar-refractivity contribution in [1.82, 2.24) is 14.9 Å². The molecule has 0 aliphatic heterocycles. The zero-order valence-corrected chi connectivity index (χ0v) is 19.4. The van der Waals surface area contributed by atoms with Crippen LogP contribution in [0.1, 0.15) is 6.42 Å². The molecule has 0 saturated heterocycles. The van der Waals surface area contributed by atoms with Gasteiger partial charge in [0.1, 0.15) is 4.83 Å². The first-order valence-corrected chi connectivity index (χ1v) is 12.2. The van der Waals surface area contributed by atoms with Crippen LogP contribution in [0.2, 0.25) is 0 Å². The predicted octanol–water partition coefficient (Wildman–Crippen LogP) is 4.18. The first-order chi connectivity index (χ1) is 15.6. The van der Waals surface area contributed by atoms with E-state index >= 15 is 0 Å². The Bertz CT molecular complexity index is 1240. The average Bonchev–Trinajstić information content (AvgIpc) is 3.30. The fraction of sp³-hybridized carbons (Fsp3) is 0.208. The summed E-state index contributed by atoms with van der Waals surface area (Å²) < 4.78 is 1.59. The van der Waals surface area contributed by atoms with E-state index in [0.29, 0.717) is 21.9 Å². The number of nitrogens with one attached hydrogen (secondary N) is 1. The van der Waals surface area contributed by atoms with Crippen LogP contribution in [-0.2, 0) is 4.79 Å². The molecule has 0 spiro atoms. The molecule has 0 bridgehead atoms. The molecule has 2 aromatic carbocycles. The van der Waals surface area contributed by atoms with Crippen molar-refractivity contribution >= 4 is 44.9 Å². The number of hydrogen-bond donors (Lipinski definition) is 1. The zero-order valence-electron chi connectivity index (χ0n) is 17.7. The van der Waals surface area contributed by atoms with Crippen LogP contribution in [0.25, 0.3) is 15.9 Å². The SMILES string of the molecule is CN(CCCNC(=O)CSc1nc2sccc2c(=O)n1-c1ccccc1)c1ccccc1. The molecule has 0 aliphatic carbocycles. The van der Waals surface area contributed by atoms with Gasteiger partial charge in [0.2, 0.25) is 5.91 Å². The summed E-state index contributed by atoms with van der Waals surface area (Å²) in [5, 5.41) is 5.95. The molecule has 1 N–H and O–H groups in total. The maximum absolute atomic E-state index is 13.1. The molecule has 2 heterocycles. The Hall–Kier alpha value is -3.10. The summed E-state index contributed by atoms with van der Waals surface area (Å²) in [5.74, 6) is 0.127. The van der Waals surface area contributed by atoms with Crippen molar-refractivity contribution in [3.63, 3.8) is 0 Å². The molecule has 32 heavy (non-hydrogen) atoms. The number of thioether (sulfide) groups is 1. The highest BCUT2D eigenvalue weighted by Crippen LogP contribution is 2.23. The average molecular weight is 465 g/mol. The predicted molar refractivity (Wildman–Crippen MR) is 133 cm³/mol. The second-order valence-electron chi connectivity index (χ2n) is 7.26. The van der Waals surface area contributed by atoms with Gasteiger partial charge >= 0.3 is 0 Å². The summed E-state index contributed by atoms with van der Waals surface area (Å²) in [6.45, 7) is 1.45. The Balaban J connectivity index is 1.36. The van der Waals surface area contributed by atoms with Gasteiger partial charge in [0, 0.05) is 25.8 Å². The molecule has 8 heteroatoms. The van der Waals surface area contributed by atoms with Gasteiger partial charge in [-0.3, -0.25) is 14.2 Å². The van der Waals surface area contributed by atoms with Crippen molar-refractivity contribution in [1.29, 1.82) is 0 Å². The Morgan fingerprint density at radius 3 is 2.56 bits per heavy atom. The Morgan fingerprint density at radius 1 is 1.09 bits per heavy atom. The van der Waals surface area contributed by atoms with Gasteiger partial charge in [0.15, 0.2) is 5.16 Å². The maximum atomic E-state index is 13.1. The second-order valence-corrected chi connectivity index (χ2v) is 9.10. The summed E-state index contributed by atoms with van der Waals surface area (Å²) in [7, 11) is 2.04. The lowest BCUT2D eigenvalue weighted by molar-refractivity contribution is -0.118. The quantitative estimate of drug-likeness (QED) is 0.229. The molecule has 0 saturated carbocycles. The smallest absolute Gasteiger partial charge is 0.267 e. The Kier molecular flexibility index (Phi) is 7.24. The Morgan fingerprint density at radius 2 is 1.81 bits per heavy atom. The number of aromatic nitrogens is 2. The van der Waals surface area contributed by atoms with Gasteiger partial charge < -0.3 is 10.2 Å². The van der Waals surface area contributed by atoms with Crippen molar-refractivity contribution in [3.8, 4) is 5.69 Å². The summed E-state index contributed by atoms with van der Waals surface area (Å²) in [6, 6.07) is 21.4. The molecule has 4 aromatic rings. The van der Waals surface area contributed by atoms with E-state index in [-0.39, 0.29) is 17.2 Å². The van der Waals surface area contributed by atoms with E-state index in [4.69, 9.17) is 0 Å². The summed E-state index contributed by atoms with van der Waals surface area (Å²) in [4.78, 5) is 33.0. The van der Waals surface area contributed by atoms with Crippen LogP contribution in [0.3, 0.4) is 0 Å². The lowest BCUT2D eigenvalue weighted by Crippen LogP contribution is -2.29. The molecule has 0 fully saturated rings. The van der Waals surface area contributed by atoms with E-state index < -0.39 is 0 Å². The van der Waals surface area contributed by atoms with E-state index in [0.717, 1.165) is 24.3 Å². The number of rotatable bonds is 9. The van der Waals surface area contributed by atoms with Crippen molar-refractivity contribution in [2.24, 2.45) is 0 Å². The zero-order chi connectivity index (χ0) is 22.3. The summed E-state index contributed by atoms with van der Waals surface area (Å²) in [5.41, 5.74) is 1.78. The number of para-hydroxylation sites is 2. The largest absolute Gasteiger partial charge is 0.375 e. The monoisotopic (exact) mass is 464 g/mol. The van der Waals surface area contributed by atoms with Crippen molar-refractivity contribution in [2.75, 3.05) is 30.8 Å². The van der Waals surface area contributed by atoms with Gasteiger partial charge in [-0.25, -0.2) is 4.98 Å². The number of benzene rings is 2. The summed E-state index contributed by atoms with van der Waals surface area (Å²) in [6.07, 6.45) is 0.843. The number of carbonyl (C=O) groups excluding carboxylic acids is 1. The highest BCUT2D eigenvalue weighted by molar-refractivity contribution is 7.99. The van der Waals surface area contributed by atoms with E-state index in [1.54, 1.807) is 10.6 Å². The molecule has 0 radical (unpaired) electrons. The number of amides is 1. The fourth-order valence-electron chi connectivity index (χ4n) is 3.33. The van der Waals surface area contributed by atoms with Crippen molar-refractivity contribution < 1.29 is 4.79 Å². The number of fused-ring (bicyclic) bond motifs is 1. The van der Waals surface area contributed by atoms with Crippen LogP contribution in [-0.4, -0.2) is 41.3 Å². The second kappa shape index (κ2) is 10.5. The van der Waals surface area contributed by atoms with Crippen molar-refractivity contribution in [2.45, 2.75) is 11.6 Å². The first-order valence-electron chi connectivity index (χ1n) is 10.3. The molecule has 0 unspecified atom stereocenters. The van der Waals surface area contributed by atoms with E-state index in [1.165, 1.54) is 23.1 Å². The van der Waals surface area contributed by atoms with Crippen LogP contribution in [0.5, 0.6) is 0 Å². The van der Waals surface area contributed by atoms with Crippen LogP contribution >= 0.6 is 23.1 Å². The normalized spacial score (nSPS) is 10.9. The highest BCUT2D eigenvalue weighted by Gasteiger charge is 2.15. The Labute approximate surface area is 194 Å². The van der Waals surface area contributed by atoms with Crippen LogP contribution < -0.4 is 15.8 Å². The highest BCUT2D eigenvalue weighted by atomic mass is 32.2. The van der Waals surface area contributed by atoms with E-state index in [9.17, 15) is 9.59 Å². The third-order valence-electron chi connectivity index (χ3n) is 5.00. The minimum absolute atomic E-state index is 0.0718. The number of carbonyl (C=O) groups is 1. The molecule has 0 atom stereocenters. The minimum Gasteiger partial charge on any atom is -0.375 e. The number of thiophene rings is 1. The van der Waals surface area contributed by atoms with Gasteiger partial charge in [-0.15, -0.1) is 11.3 Å². The lowest BCUT2D eigenvalue weighted by Gasteiger charge is -2.19. The van der Waals surface area contributed by atoms with Gasteiger partial charge in [0.05, 0.1) is 16.8 Å². The molecule has 2 aromatic heterocycles. The molecule has 1 amide bonds. The lowest BCUT2D eigenvalue weighted by atomic mass is 10.3. The van der Waals surface area contributed by atoms with E-state index in [2.05, 4.69) is 27.3 Å². The minimum atomic E-state index is -0.116. The van der Waals surface area contributed by atoms with Gasteiger partial charge in [-0.2, -0.15) is 0 Å². The van der Waals surface area contributed by atoms with Gasteiger partial charge in [-0.1, -0.05) is 48.2 Å². The van der Waals surface area contributed by atoms with Crippen molar-refractivity contribution in [3.05, 3.63) is 82.5 Å². The van der Waals surface area contributed by atoms with Crippen LogP contribution in [0.15, 0.2) is 82.1 Å². The van der Waals surface area contributed by atoms with E-state index in [1.807, 2.05) is 61.0 Å². The molecule has 4 rings (SSSR count). The molecule has 0 aliphatic rings. The van der Waals surface area contributed by atoms with Gasteiger partial charge in [0.25, 0.3) is 5.56 Å². The summed E-state index contributed by atoms with van der Waals surface area (Å²) >= 11 is 2.71. The standard InChI is InChI=1S/C24H24N4O2S2/c1-27(18-9-4-2-5-10-18)15-8-14-25-21(29)17-32-24-26-22-20(13-16-31-22)23(30)28(24)19-11-6-3-7-12-19/h2-7,9-13,16H,8,14-15,17H2,1H3,(H,25,29). The van der Waals surface area contributed by atoms with Gasteiger partial charge in [-0.05, 0) is 42.1 Å². The fourth-order valence-corrected chi connectivity index (χ4v) is 4.98. The topological polar surface area (TPSA) is 67.2 Å². The maximum Gasteiger partial charge on any atom is 0.267 e. The molecular weight excluding hydrogens is 440 g/mol.